The summed E-state index contributed by atoms with van der Waals surface area (Å²) < 4.78 is 40.5. The molecule has 0 aliphatic heterocycles. The lowest BCUT2D eigenvalue weighted by atomic mass is 9.82. The SMILES string of the molecule is CC(C)C(Cl)(c1ccc(OC(F)(F)F)cc1)c1cccnc1. The van der Waals surface area contributed by atoms with E-state index in [-0.39, 0.29) is 11.7 Å². The fraction of sp³-hybridized carbons (Fsp3) is 0.312. The fourth-order valence-electron chi connectivity index (χ4n) is 2.31. The Balaban J connectivity index is 2.38. The largest absolute Gasteiger partial charge is 0.573 e. The Morgan fingerprint density at radius 3 is 2.14 bits per heavy atom. The molecule has 0 aliphatic rings. The molecule has 2 rings (SSSR count). The van der Waals surface area contributed by atoms with Crippen molar-refractivity contribution in [3.8, 4) is 5.75 Å². The van der Waals surface area contributed by atoms with E-state index in [4.69, 9.17) is 11.6 Å². The molecule has 22 heavy (non-hydrogen) atoms. The molecule has 6 heteroatoms. The first-order valence-corrected chi connectivity index (χ1v) is 7.07. The zero-order chi connectivity index (χ0) is 16.4. The van der Waals surface area contributed by atoms with Gasteiger partial charge in [0.25, 0.3) is 0 Å². The monoisotopic (exact) mass is 329 g/mol. The topological polar surface area (TPSA) is 22.1 Å². The van der Waals surface area contributed by atoms with Crippen molar-refractivity contribution in [2.75, 3.05) is 0 Å². The molecule has 0 amide bonds. The highest BCUT2D eigenvalue weighted by Crippen LogP contribution is 2.43. The van der Waals surface area contributed by atoms with E-state index in [9.17, 15) is 13.2 Å². The standard InChI is InChI=1S/C16H15ClF3NO/c1-11(2)15(17,13-4-3-9-21-10-13)12-5-7-14(8-6-12)22-16(18,19)20/h3-11H,1-2H3. The van der Waals surface area contributed by atoms with Crippen LogP contribution in [-0.2, 0) is 4.87 Å². The Bertz CT molecular complexity index is 614. The van der Waals surface area contributed by atoms with E-state index < -0.39 is 11.2 Å². The highest BCUT2D eigenvalue weighted by Gasteiger charge is 2.36. The minimum atomic E-state index is -4.71. The second kappa shape index (κ2) is 6.16. The van der Waals surface area contributed by atoms with E-state index in [1.54, 1.807) is 30.6 Å². The Morgan fingerprint density at radius 1 is 1.05 bits per heavy atom. The average Bonchev–Trinajstić information content (AvgIpc) is 2.46. The van der Waals surface area contributed by atoms with Crippen LogP contribution in [0.4, 0.5) is 13.2 Å². The first-order valence-electron chi connectivity index (χ1n) is 6.69. The zero-order valence-corrected chi connectivity index (χ0v) is 12.8. The Kier molecular flexibility index (Phi) is 4.66. The molecular weight excluding hydrogens is 315 g/mol. The van der Waals surface area contributed by atoms with Crippen molar-refractivity contribution >= 4 is 11.6 Å². The zero-order valence-electron chi connectivity index (χ0n) is 12.1. The van der Waals surface area contributed by atoms with E-state index in [1.165, 1.54) is 12.1 Å². The van der Waals surface area contributed by atoms with Crippen LogP contribution in [0.2, 0.25) is 0 Å². The molecular formula is C16H15ClF3NO. The number of pyridine rings is 1. The number of alkyl halides is 4. The second-order valence-corrected chi connectivity index (χ2v) is 5.78. The van der Waals surface area contributed by atoms with Crippen molar-refractivity contribution in [3.05, 3.63) is 59.9 Å². The summed E-state index contributed by atoms with van der Waals surface area (Å²) in [5.41, 5.74) is 1.47. The number of halogens is 4. The highest BCUT2D eigenvalue weighted by molar-refractivity contribution is 6.26. The average molecular weight is 330 g/mol. The molecule has 0 aliphatic carbocycles. The van der Waals surface area contributed by atoms with Gasteiger partial charge in [-0.3, -0.25) is 4.98 Å². The third-order valence-electron chi connectivity index (χ3n) is 3.39. The molecule has 1 heterocycles. The molecule has 0 N–H and O–H groups in total. The molecule has 118 valence electrons. The number of aromatic nitrogens is 1. The predicted molar refractivity (Wildman–Crippen MR) is 78.8 cm³/mol. The van der Waals surface area contributed by atoms with Gasteiger partial charge in [0.05, 0.1) is 4.87 Å². The van der Waals surface area contributed by atoms with Crippen LogP contribution in [-0.4, -0.2) is 11.3 Å². The van der Waals surface area contributed by atoms with Crippen molar-refractivity contribution < 1.29 is 17.9 Å². The molecule has 0 radical (unpaired) electrons. The summed E-state index contributed by atoms with van der Waals surface area (Å²) in [4.78, 5) is 3.20. The van der Waals surface area contributed by atoms with E-state index in [0.717, 1.165) is 5.56 Å². The number of rotatable bonds is 4. The maximum absolute atomic E-state index is 12.2. The van der Waals surface area contributed by atoms with E-state index in [2.05, 4.69) is 9.72 Å². The van der Waals surface area contributed by atoms with Gasteiger partial charge < -0.3 is 4.74 Å². The number of hydrogen-bond donors (Lipinski definition) is 0. The molecule has 0 fully saturated rings. The van der Waals surface area contributed by atoms with Crippen molar-refractivity contribution in [2.45, 2.75) is 25.1 Å². The van der Waals surface area contributed by atoms with Gasteiger partial charge in [-0.15, -0.1) is 24.8 Å². The van der Waals surface area contributed by atoms with Crippen LogP contribution in [0.15, 0.2) is 48.8 Å². The molecule has 0 saturated carbocycles. The molecule has 1 unspecified atom stereocenters. The first kappa shape index (κ1) is 16.6. The lowest BCUT2D eigenvalue weighted by Gasteiger charge is -2.32. The maximum atomic E-state index is 12.2. The Labute approximate surface area is 131 Å². The molecule has 2 aromatic rings. The Morgan fingerprint density at radius 2 is 1.68 bits per heavy atom. The van der Waals surface area contributed by atoms with Crippen LogP contribution in [0.25, 0.3) is 0 Å². The third-order valence-corrected chi connectivity index (χ3v) is 4.26. The third kappa shape index (κ3) is 3.53. The first-order chi connectivity index (χ1) is 10.2. The lowest BCUT2D eigenvalue weighted by Crippen LogP contribution is -2.27. The molecule has 1 atom stereocenters. The lowest BCUT2D eigenvalue weighted by molar-refractivity contribution is -0.274. The fourth-order valence-corrected chi connectivity index (χ4v) is 2.55. The van der Waals surface area contributed by atoms with Crippen molar-refractivity contribution in [1.82, 2.24) is 4.98 Å². The number of nitrogens with zero attached hydrogens (tertiary/aromatic N) is 1. The molecule has 0 bridgehead atoms. The van der Waals surface area contributed by atoms with Crippen LogP contribution in [0.5, 0.6) is 5.75 Å². The van der Waals surface area contributed by atoms with Crippen molar-refractivity contribution in [2.24, 2.45) is 5.92 Å². The van der Waals surface area contributed by atoms with Gasteiger partial charge >= 0.3 is 6.36 Å². The normalized spacial score (nSPS) is 14.7. The molecule has 1 aromatic carbocycles. The van der Waals surface area contributed by atoms with Gasteiger partial charge in [0.2, 0.25) is 0 Å². The number of ether oxygens (including phenoxy) is 1. The summed E-state index contributed by atoms with van der Waals surface area (Å²) in [6.45, 7) is 3.89. The van der Waals surface area contributed by atoms with Crippen LogP contribution < -0.4 is 4.74 Å². The minimum Gasteiger partial charge on any atom is -0.406 e. The summed E-state index contributed by atoms with van der Waals surface area (Å²) >= 11 is 6.81. The van der Waals surface area contributed by atoms with Gasteiger partial charge in [-0.2, -0.15) is 0 Å². The summed E-state index contributed by atoms with van der Waals surface area (Å²) in [6.07, 6.45) is -1.41. The molecule has 0 saturated heterocycles. The van der Waals surface area contributed by atoms with Gasteiger partial charge in [-0.1, -0.05) is 32.0 Å². The predicted octanol–water partition coefficient (Wildman–Crippen LogP) is 5.12. The summed E-state index contributed by atoms with van der Waals surface area (Å²) in [5.74, 6) is -0.266. The van der Waals surface area contributed by atoms with Crippen LogP contribution in [0, 0.1) is 5.92 Å². The highest BCUT2D eigenvalue weighted by atomic mass is 35.5. The number of hydrogen-bond acceptors (Lipinski definition) is 2. The smallest absolute Gasteiger partial charge is 0.406 e. The second-order valence-electron chi connectivity index (χ2n) is 5.18. The van der Waals surface area contributed by atoms with Gasteiger partial charge in [0.1, 0.15) is 5.75 Å². The Hall–Kier alpha value is -1.75. The maximum Gasteiger partial charge on any atom is 0.573 e. The van der Waals surface area contributed by atoms with Crippen LogP contribution in [0.3, 0.4) is 0 Å². The number of benzene rings is 1. The molecule has 2 nitrogen and oxygen atoms in total. The van der Waals surface area contributed by atoms with Crippen molar-refractivity contribution in [1.29, 1.82) is 0 Å². The van der Waals surface area contributed by atoms with Gasteiger partial charge in [0.15, 0.2) is 0 Å². The molecule has 1 aromatic heterocycles. The van der Waals surface area contributed by atoms with Crippen LogP contribution >= 0.6 is 11.6 Å². The van der Waals surface area contributed by atoms with Crippen LogP contribution in [0.1, 0.15) is 25.0 Å². The summed E-state index contributed by atoms with van der Waals surface area (Å²) in [6, 6.07) is 9.23. The van der Waals surface area contributed by atoms with E-state index in [1.807, 2.05) is 19.9 Å². The summed E-state index contributed by atoms with van der Waals surface area (Å²) in [7, 11) is 0. The quantitative estimate of drug-likeness (QED) is 0.726. The van der Waals surface area contributed by atoms with Gasteiger partial charge in [-0.05, 0) is 35.2 Å². The summed E-state index contributed by atoms with van der Waals surface area (Å²) in [5, 5.41) is 0. The minimum absolute atomic E-state index is 0.00718. The van der Waals surface area contributed by atoms with Gasteiger partial charge in [0, 0.05) is 12.4 Å². The van der Waals surface area contributed by atoms with E-state index in [0.29, 0.717) is 5.56 Å². The molecule has 0 spiro atoms. The van der Waals surface area contributed by atoms with Gasteiger partial charge in [-0.25, -0.2) is 0 Å². The van der Waals surface area contributed by atoms with E-state index >= 15 is 0 Å². The van der Waals surface area contributed by atoms with Crippen molar-refractivity contribution in [3.63, 3.8) is 0 Å².